The van der Waals surface area contributed by atoms with E-state index in [1.54, 1.807) is 0 Å². The minimum Gasteiger partial charge on any atom is -0.354 e. The van der Waals surface area contributed by atoms with Gasteiger partial charge in [-0.2, -0.15) is 0 Å². The van der Waals surface area contributed by atoms with Crippen molar-refractivity contribution in [2.75, 3.05) is 37.6 Å². The molecule has 5 rings (SSSR count). The van der Waals surface area contributed by atoms with Crippen LogP contribution in [0.15, 0.2) is 79.0 Å². The summed E-state index contributed by atoms with van der Waals surface area (Å²) in [5.74, 6) is 0.782. The molecule has 4 aromatic rings. The number of rotatable bonds is 5. The van der Waals surface area contributed by atoms with Crippen LogP contribution >= 0.6 is 0 Å². The summed E-state index contributed by atoms with van der Waals surface area (Å²) in [5.41, 5.74) is 4.13. The molecule has 2 aromatic heterocycles. The van der Waals surface area contributed by atoms with E-state index in [4.69, 9.17) is 4.98 Å². The zero-order chi connectivity index (χ0) is 21.0. The summed E-state index contributed by atoms with van der Waals surface area (Å²) in [6, 6.07) is 23.2. The number of para-hydroxylation sites is 1. The Balaban J connectivity index is 1.31. The van der Waals surface area contributed by atoms with Gasteiger partial charge in [0.25, 0.3) is 0 Å². The Hall–Kier alpha value is -3.31. The maximum Gasteiger partial charge on any atom is 0.129 e. The number of pyridine rings is 2. The van der Waals surface area contributed by atoms with Gasteiger partial charge in [0.2, 0.25) is 0 Å². The summed E-state index contributed by atoms with van der Waals surface area (Å²) >= 11 is 0. The third-order valence-electron chi connectivity index (χ3n) is 5.97. The van der Waals surface area contributed by atoms with Crippen LogP contribution in [0.2, 0.25) is 0 Å². The highest BCUT2D eigenvalue weighted by Gasteiger charge is 2.18. The van der Waals surface area contributed by atoms with E-state index in [0.29, 0.717) is 0 Å². The zero-order valence-corrected chi connectivity index (χ0v) is 17.4. The van der Waals surface area contributed by atoms with Gasteiger partial charge in [-0.25, -0.2) is 9.37 Å². The second kappa shape index (κ2) is 8.82. The summed E-state index contributed by atoms with van der Waals surface area (Å²) in [4.78, 5) is 14.3. The third-order valence-corrected chi connectivity index (χ3v) is 5.97. The molecule has 31 heavy (non-hydrogen) atoms. The standard InChI is InChI=1S/C26H25FN4/c27-22-10-7-20(8-11-22)24-6-3-4-21-9-12-25(29-26(21)24)31-18-16-30(17-19-31)15-13-23-5-1-2-14-28-23/h1-12,14H,13,15-19H2. The molecule has 2 aromatic carbocycles. The van der Waals surface area contributed by atoms with Crippen LogP contribution in [0, 0.1) is 5.82 Å². The molecule has 0 N–H and O–H groups in total. The molecule has 4 nitrogen and oxygen atoms in total. The predicted molar refractivity (Wildman–Crippen MR) is 124 cm³/mol. The van der Waals surface area contributed by atoms with E-state index in [2.05, 4.69) is 45.1 Å². The number of aromatic nitrogens is 2. The SMILES string of the molecule is Fc1ccc(-c2cccc3ccc(N4CCN(CCc5ccccn5)CC4)nc23)cc1. The van der Waals surface area contributed by atoms with Gasteiger partial charge in [0, 0.05) is 62.0 Å². The molecular weight excluding hydrogens is 387 g/mol. The Morgan fingerprint density at radius 1 is 0.806 bits per heavy atom. The molecule has 1 saturated heterocycles. The maximum atomic E-state index is 13.4. The molecule has 0 spiro atoms. The lowest BCUT2D eigenvalue weighted by atomic mass is 10.0. The second-order valence-corrected chi connectivity index (χ2v) is 7.95. The number of benzene rings is 2. The van der Waals surface area contributed by atoms with E-state index in [9.17, 15) is 4.39 Å². The van der Waals surface area contributed by atoms with Gasteiger partial charge in [-0.15, -0.1) is 0 Å². The fourth-order valence-corrected chi connectivity index (χ4v) is 4.19. The van der Waals surface area contributed by atoms with Crippen molar-refractivity contribution in [3.8, 4) is 11.1 Å². The average molecular weight is 413 g/mol. The van der Waals surface area contributed by atoms with Crippen molar-refractivity contribution in [2.24, 2.45) is 0 Å². The third kappa shape index (κ3) is 4.42. The average Bonchev–Trinajstić information content (AvgIpc) is 2.84. The number of nitrogens with zero attached hydrogens (tertiary/aromatic N) is 4. The smallest absolute Gasteiger partial charge is 0.129 e. The summed E-state index contributed by atoms with van der Waals surface area (Å²) in [7, 11) is 0. The Morgan fingerprint density at radius 3 is 2.42 bits per heavy atom. The molecule has 1 aliphatic heterocycles. The molecule has 1 aliphatic rings. The van der Waals surface area contributed by atoms with Gasteiger partial charge in [-0.05, 0) is 42.0 Å². The predicted octanol–water partition coefficient (Wildman–Crippen LogP) is 4.80. The first-order valence-electron chi connectivity index (χ1n) is 10.8. The van der Waals surface area contributed by atoms with E-state index in [-0.39, 0.29) is 5.82 Å². The first-order chi connectivity index (χ1) is 15.3. The van der Waals surface area contributed by atoms with Crippen LogP contribution in [-0.2, 0) is 6.42 Å². The van der Waals surface area contributed by atoms with Crippen LogP contribution in [0.1, 0.15) is 5.69 Å². The van der Waals surface area contributed by atoms with Gasteiger partial charge in [0.15, 0.2) is 0 Å². The number of hydrogen-bond acceptors (Lipinski definition) is 4. The first kappa shape index (κ1) is 19.6. The molecule has 0 aliphatic carbocycles. The highest BCUT2D eigenvalue weighted by molar-refractivity contribution is 5.94. The van der Waals surface area contributed by atoms with Crippen molar-refractivity contribution < 1.29 is 4.39 Å². The van der Waals surface area contributed by atoms with Gasteiger partial charge in [-0.3, -0.25) is 9.88 Å². The molecule has 156 valence electrons. The van der Waals surface area contributed by atoms with Crippen LogP contribution < -0.4 is 4.90 Å². The van der Waals surface area contributed by atoms with Crippen molar-refractivity contribution >= 4 is 16.7 Å². The van der Waals surface area contributed by atoms with Crippen molar-refractivity contribution in [3.05, 3.63) is 90.5 Å². The van der Waals surface area contributed by atoms with Crippen LogP contribution in [0.3, 0.4) is 0 Å². The van der Waals surface area contributed by atoms with Crippen molar-refractivity contribution in [2.45, 2.75) is 6.42 Å². The normalized spacial score (nSPS) is 14.8. The van der Waals surface area contributed by atoms with E-state index in [0.717, 1.165) is 72.7 Å². The lowest BCUT2D eigenvalue weighted by Crippen LogP contribution is -2.47. The summed E-state index contributed by atoms with van der Waals surface area (Å²) in [6.07, 6.45) is 2.84. The van der Waals surface area contributed by atoms with Gasteiger partial charge in [0.1, 0.15) is 11.6 Å². The lowest BCUT2D eigenvalue weighted by Gasteiger charge is -2.35. The van der Waals surface area contributed by atoms with Crippen LogP contribution in [-0.4, -0.2) is 47.6 Å². The highest BCUT2D eigenvalue weighted by atomic mass is 19.1. The Kier molecular flexibility index (Phi) is 5.59. The van der Waals surface area contributed by atoms with Gasteiger partial charge < -0.3 is 4.90 Å². The van der Waals surface area contributed by atoms with Crippen LogP contribution in [0.5, 0.6) is 0 Å². The molecule has 1 fully saturated rings. The number of hydrogen-bond donors (Lipinski definition) is 0. The minimum absolute atomic E-state index is 0.224. The molecule has 0 saturated carbocycles. The summed E-state index contributed by atoms with van der Waals surface area (Å²) < 4.78 is 13.4. The maximum absolute atomic E-state index is 13.4. The fourth-order valence-electron chi connectivity index (χ4n) is 4.19. The molecule has 0 radical (unpaired) electrons. The Morgan fingerprint density at radius 2 is 1.65 bits per heavy atom. The fraction of sp³-hybridized carbons (Fsp3) is 0.231. The minimum atomic E-state index is -0.224. The monoisotopic (exact) mass is 412 g/mol. The molecule has 0 atom stereocenters. The summed E-state index contributed by atoms with van der Waals surface area (Å²) in [5, 5.41) is 1.10. The molecule has 0 bridgehead atoms. The van der Waals surface area contributed by atoms with Gasteiger partial charge in [-0.1, -0.05) is 36.4 Å². The topological polar surface area (TPSA) is 32.3 Å². The van der Waals surface area contributed by atoms with E-state index in [1.165, 1.54) is 12.1 Å². The molecule has 3 heterocycles. The Labute approximate surface area is 182 Å². The second-order valence-electron chi connectivity index (χ2n) is 7.95. The number of anilines is 1. The number of piperazine rings is 1. The van der Waals surface area contributed by atoms with Gasteiger partial charge in [0.05, 0.1) is 5.52 Å². The lowest BCUT2D eigenvalue weighted by molar-refractivity contribution is 0.260. The van der Waals surface area contributed by atoms with E-state index in [1.807, 2.05) is 36.5 Å². The van der Waals surface area contributed by atoms with E-state index >= 15 is 0 Å². The first-order valence-corrected chi connectivity index (χ1v) is 10.8. The molecule has 0 unspecified atom stereocenters. The van der Waals surface area contributed by atoms with Gasteiger partial charge >= 0.3 is 0 Å². The van der Waals surface area contributed by atoms with Crippen LogP contribution in [0.25, 0.3) is 22.0 Å². The van der Waals surface area contributed by atoms with Crippen molar-refractivity contribution in [1.82, 2.24) is 14.9 Å². The molecule has 5 heteroatoms. The largest absolute Gasteiger partial charge is 0.354 e. The highest BCUT2D eigenvalue weighted by Crippen LogP contribution is 2.29. The number of halogens is 1. The van der Waals surface area contributed by atoms with Crippen molar-refractivity contribution in [1.29, 1.82) is 0 Å². The molecular formula is C26H25FN4. The van der Waals surface area contributed by atoms with E-state index < -0.39 is 0 Å². The summed E-state index contributed by atoms with van der Waals surface area (Å²) in [6.45, 7) is 4.99. The number of fused-ring (bicyclic) bond motifs is 1. The van der Waals surface area contributed by atoms with Crippen molar-refractivity contribution in [3.63, 3.8) is 0 Å². The quantitative estimate of drug-likeness (QED) is 0.471. The Bertz CT molecular complexity index is 1150. The molecule has 0 amide bonds. The van der Waals surface area contributed by atoms with Crippen LogP contribution in [0.4, 0.5) is 10.2 Å². The zero-order valence-electron chi connectivity index (χ0n) is 17.4.